The van der Waals surface area contributed by atoms with E-state index in [1.807, 2.05) is 6.07 Å². The fourth-order valence-electron chi connectivity index (χ4n) is 0.965. The van der Waals surface area contributed by atoms with E-state index in [1.54, 1.807) is 30.0 Å². The average Bonchev–Trinajstić information content (AvgIpc) is 2.67. The molecule has 0 saturated heterocycles. The van der Waals surface area contributed by atoms with Crippen molar-refractivity contribution in [2.24, 2.45) is 0 Å². The van der Waals surface area contributed by atoms with Gasteiger partial charge in [0.25, 0.3) is 0 Å². The van der Waals surface area contributed by atoms with E-state index in [4.69, 9.17) is 0 Å². The van der Waals surface area contributed by atoms with Gasteiger partial charge in [0, 0.05) is 4.90 Å². The van der Waals surface area contributed by atoms with Crippen LogP contribution < -0.4 is 0 Å². The van der Waals surface area contributed by atoms with Crippen molar-refractivity contribution >= 4 is 11.8 Å². The smallest absolute Gasteiger partial charge is 0.184 e. The Labute approximate surface area is 84.5 Å². The predicted molar refractivity (Wildman–Crippen MR) is 51.8 cm³/mol. The van der Waals surface area contributed by atoms with Gasteiger partial charge >= 0.3 is 0 Å². The lowest BCUT2D eigenvalue weighted by atomic mass is 10.3. The number of phenols is 1. The van der Waals surface area contributed by atoms with Crippen LogP contribution in [-0.4, -0.2) is 25.7 Å². The van der Waals surface area contributed by atoms with Gasteiger partial charge < -0.3 is 5.11 Å². The Bertz CT molecular complexity index is 403. The summed E-state index contributed by atoms with van der Waals surface area (Å²) in [5.74, 6) is 1.56. The van der Waals surface area contributed by atoms with Crippen LogP contribution in [0.1, 0.15) is 5.82 Å². The highest BCUT2D eigenvalue weighted by Crippen LogP contribution is 2.23. The zero-order valence-electron chi connectivity index (χ0n) is 7.21. The molecule has 2 rings (SSSR count). The number of aromatic hydroxyl groups is 1. The maximum Gasteiger partial charge on any atom is 0.184 e. The first-order valence-corrected chi connectivity index (χ1v) is 4.97. The second kappa shape index (κ2) is 4.10. The molecular formula is C8H8N4OS. The summed E-state index contributed by atoms with van der Waals surface area (Å²) in [5, 5.41) is 22.7. The van der Waals surface area contributed by atoms with Crippen molar-refractivity contribution in [1.82, 2.24) is 20.6 Å². The number of tetrazole rings is 1. The third-order valence-corrected chi connectivity index (χ3v) is 2.56. The van der Waals surface area contributed by atoms with E-state index >= 15 is 0 Å². The monoisotopic (exact) mass is 208 g/mol. The van der Waals surface area contributed by atoms with Gasteiger partial charge in [0.1, 0.15) is 5.75 Å². The first kappa shape index (κ1) is 9.01. The number of hydrogen-bond donors (Lipinski definition) is 2. The lowest BCUT2D eigenvalue weighted by Gasteiger charge is -1.98. The molecule has 0 atom stereocenters. The number of H-pyrrole nitrogens is 1. The van der Waals surface area contributed by atoms with E-state index in [0.29, 0.717) is 11.6 Å². The van der Waals surface area contributed by atoms with Crippen LogP contribution in [0.3, 0.4) is 0 Å². The van der Waals surface area contributed by atoms with E-state index in [-0.39, 0.29) is 5.75 Å². The van der Waals surface area contributed by atoms with Crippen molar-refractivity contribution in [2.75, 3.05) is 0 Å². The quantitative estimate of drug-likeness (QED) is 0.741. The highest BCUT2D eigenvalue weighted by atomic mass is 32.2. The summed E-state index contributed by atoms with van der Waals surface area (Å²) in [5.41, 5.74) is 0. The number of nitrogens with one attached hydrogen (secondary N) is 1. The molecule has 0 aliphatic rings. The molecule has 0 aliphatic heterocycles. The number of hydrogen-bond acceptors (Lipinski definition) is 5. The molecule has 0 amide bonds. The lowest BCUT2D eigenvalue weighted by Crippen LogP contribution is -1.83. The predicted octanol–water partition coefficient (Wildman–Crippen LogP) is 1.20. The van der Waals surface area contributed by atoms with Gasteiger partial charge in [-0.05, 0) is 18.2 Å². The van der Waals surface area contributed by atoms with Crippen LogP contribution in [0.15, 0.2) is 29.2 Å². The van der Waals surface area contributed by atoms with Gasteiger partial charge in [-0.2, -0.15) is 5.21 Å². The van der Waals surface area contributed by atoms with E-state index in [0.717, 1.165) is 4.90 Å². The minimum Gasteiger partial charge on any atom is -0.508 e. The normalized spacial score (nSPS) is 10.3. The van der Waals surface area contributed by atoms with Gasteiger partial charge in [-0.15, -0.1) is 22.0 Å². The molecule has 1 aromatic carbocycles. The highest BCUT2D eigenvalue weighted by molar-refractivity contribution is 7.98. The van der Waals surface area contributed by atoms with E-state index in [2.05, 4.69) is 20.6 Å². The molecule has 14 heavy (non-hydrogen) atoms. The molecule has 0 radical (unpaired) electrons. The summed E-state index contributed by atoms with van der Waals surface area (Å²) >= 11 is 1.55. The summed E-state index contributed by atoms with van der Waals surface area (Å²) in [4.78, 5) is 0.981. The van der Waals surface area contributed by atoms with Crippen LogP contribution >= 0.6 is 11.8 Å². The highest BCUT2D eigenvalue weighted by Gasteiger charge is 2.00. The van der Waals surface area contributed by atoms with Gasteiger partial charge in [0.2, 0.25) is 0 Å². The van der Waals surface area contributed by atoms with Crippen LogP contribution in [0.5, 0.6) is 5.75 Å². The number of nitrogens with zero attached hydrogens (tertiary/aromatic N) is 3. The zero-order valence-corrected chi connectivity index (χ0v) is 8.03. The zero-order chi connectivity index (χ0) is 9.80. The fraction of sp³-hybridized carbons (Fsp3) is 0.125. The molecule has 0 bridgehead atoms. The first-order valence-electron chi connectivity index (χ1n) is 3.99. The first-order chi connectivity index (χ1) is 6.84. The van der Waals surface area contributed by atoms with Crippen LogP contribution in [0, 0.1) is 0 Å². The van der Waals surface area contributed by atoms with Crippen molar-refractivity contribution in [3.8, 4) is 5.75 Å². The molecule has 2 aromatic rings. The Morgan fingerprint density at radius 3 is 3.07 bits per heavy atom. The fourth-order valence-corrected chi connectivity index (χ4v) is 1.76. The van der Waals surface area contributed by atoms with Crippen molar-refractivity contribution < 1.29 is 5.11 Å². The standard InChI is InChI=1S/C8H8N4OS/c13-6-2-1-3-7(4-6)14-5-8-9-11-12-10-8/h1-4,13H,5H2,(H,9,10,11,12). The Morgan fingerprint density at radius 2 is 2.36 bits per heavy atom. The topological polar surface area (TPSA) is 74.7 Å². The SMILES string of the molecule is Oc1cccc(SCc2nn[nH]n2)c1. The number of phenolic OH excluding ortho intramolecular Hbond substituents is 1. The molecule has 0 fully saturated rings. The van der Waals surface area contributed by atoms with Gasteiger partial charge in [-0.3, -0.25) is 0 Å². The molecule has 0 aliphatic carbocycles. The number of thioether (sulfide) groups is 1. The van der Waals surface area contributed by atoms with Crippen LogP contribution in [0.25, 0.3) is 0 Å². The molecule has 0 spiro atoms. The number of rotatable bonds is 3. The van der Waals surface area contributed by atoms with Crippen molar-refractivity contribution in [3.05, 3.63) is 30.1 Å². The third kappa shape index (κ3) is 2.23. The molecule has 0 saturated carbocycles. The minimum absolute atomic E-state index is 0.267. The van der Waals surface area contributed by atoms with Gasteiger partial charge in [0.05, 0.1) is 5.75 Å². The van der Waals surface area contributed by atoms with Crippen molar-refractivity contribution in [3.63, 3.8) is 0 Å². The number of aromatic amines is 1. The van der Waals surface area contributed by atoms with Gasteiger partial charge in [-0.1, -0.05) is 11.3 Å². The van der Waals surface area contributed by atoms with E-state index in [1.165, 1.54) is 0 Å². The summed E-state index contributed by atoms with van der Waals surface area (Å²) in [6, 6.07) is 7.06. The van der Waals surface area contributed by atoms with Crippen molar-refractivity contribution in [2.45, 2.75) is 10.6 Å². The maximum atomic E-state index is 9.21. The Kier molecular flexibility index (Phi) is 2.64. The van der Waals surface area contributed by atoms with Crippen LogP contribution in [0.2, 0.25) is 0 Å². The Hall–Kier alpha value is -1.56. The Balaban J connectivity index is 1.98. The average molecular weight is 208 g/mol. The lowest BCUT2D eigenvalue weighted by molar-refractivity contribution is 0.474. The number of aromatic nitrogens is 4. The summed E-state index contributed by atoms with van der Waals surface area (Å²) in [6.45, 7) is 0. The summed E-state index contributed by atoms with van der Waals surface area (Å²) in [7, 11) is 0. The molecular weight excluding hydrogens is 200 g/mol. The molecule has 5 nitrogen and oxygen atoms in total. The molecule has 2 N–H and O–H groups in total. The Morgan fingerprint density at radius 1 is 1.43 bits per heavy atom. The van der Waals surface area contributed by atoms with Crippen LogP contribution in [0.4, 0.5) is 0 Å². The van der Waals surface area contributed by atoms with E-state index in [9.17, 15) is 5.11 Å². The van der Waals surface area contributed by atoms with E-state index < -0.39 is 0 Å². The van der Waals surface area contributed by atoms with Gasteiger partial charge in [0.15, 0.2) is 5.82 Å². The summed E-state index contributed by atoms with van der Waals surface area (Å²) < 4.78 is 0. The van der Waals surface area contributed by atoms with Crippen LogP contribution in [-0.2, 0) is 5.75 Å². The number of benzene rings is 1. The summed E-state index contributed by atoms with van der Waals surface area (Å²) in [6.07, 6.45) is 0. The molecule has 6 heteroatoms. The third-order valence-electron chi connectivity index (χ3n) is 1.57. The molecule has 1 aromatic heterocycles. The second-order valence-electron chi connectivity index (χ2n) is 2.61. The van der Waals surface area contributed by atoms with Crippen molar-refractivity contribution in [1.29, 1.82) is 0 Å². The molecule has 0 unspecified atom stereocenters. The minimum atomic E-state index is 0.267. The molecule has 1 heterocycles. The largest absolute Gasteiger partial charge is 0.508 e. The molecule has 72 valence electrons. The maximum absolute atomic E-state index is 9.21. The second-order valence-corrected chi connectivity index (χ2v) is 3.66. The van der Waals surface area contributed by atoms with Gasteiger partial charge in [-0.25, -0.2) is 0 Å².